The molecule has 1 N–H and O–H groups in total. The molecule has 1 aliphatic rings. The predicted molar refractivity (Wildman–Crippen MR) is 109 cm³/mol. The number of nitrogens with one attached hydrogen (secondary N) is 1. The summed E-state index contributed by atoms with van der Waals surface area (Å²) >= 11 is 0. The lowest BCUT2D eigenvalue weighted by Crippen LogP contribution is -2.32. The summed E-state index contributed by atoms with van der Waals surface area (Å²) in [5.74, 6) is -0.222. The van der Waals surface area contributed by atoms with Crippen molar-refractivity contribution in [2.75, 3.05) is 18.4 Å². The minimum atomic E-state index is -0.314. The number of aromatic nitrogens is 3. The molecule has 2 aromatic carbocycles. The smallest absolute Gasteiger partial charge is 0.221 e. The minimum Gasteiger partial charge on any atom is -0.326 e. The van der Waals surface area contributed by atoms with Gasteiger partial charge in [0.05, 0.1) is 17.6 Å². The Hall–Kier alpha value is -3.06. The van der Waals surface area contributed by atoms with Gasteiger partial charge in [-0.05, 0) is 67.7 Å². The first-order valence-corrected chi connectivity index (χ1v) is 9.84. The van der Waals surface area contributed by atoms with Gasteiger partial charge in [0.15, 0.2) is 0 Å². The molecular formula is C22H24FN5O. The van der Waals surface area contributed by atoms with Gasteiger partial charge in [-0.3, -0.25) is 9.69 Å². The van der Waals surface area contributed by atoms with Crippen LogP contribution in [0.15, 0.2) is 54.7 Å². The maximum atomic E-state index is 14.0. The molecule has 1 amide bonds. The maximum absolute atomic E-state index is 14.0. The first-order valence-electron chi connectivity index (χ1n) is 9.84. The first kappa shape index (κ1) is 19.3. The van der Waals surface area contributed by atoms with Crippen molar-refractivity contribution in [1.29, 1.82) is 0 Å². The number of hydrogen-bond acceptors (Lipinski definition) is 4. The topological polar surface area (TPSA) is 63.1 Å². The van der Waals surface area contributed by atoms with E-state index < -0.39 is 0 Å². The average Bonchev–Trinajstić information content (AvgIpc) is 3.17. The second kappa shape index (κ2) is 8.53. The highest BCUT2D eigenvalue weighted by atomic mass is 19.1. The average molecular weight is 393 g/mol. The number of hydrogen-bond donors (Lipinski definition) is 1. The molecule has 1 saturated heterocycles. The van der Waals surface area contributed by atoms with Gasteiger partial charge in [-0.15, -0.1) is 5.10 Å². The van der Waals surface area contributed by atoms with Crippen molar-refractivity contribution in [2.45, 2.75) is 32.2 Å². The molecular weight excluding hydrogens is 369 g/mol. The molecule has 4 rings (SSSR count). The molecule has 0 spiro atoms. The number of anilines is 1. The van der Waals surface area contributed by atoms with E-state index in [0.717, 1.165) is 49.4 Å². The van der Waals surface area contributed by atoms with E-state index in [1.165, 1.54) is 13.0 Å². The molecule has 7 heteroatoms. The van der Waals surface area contributed by atoms with Crippen LogP contribution in [0, 0.1) is 5.82 Å². The fraction of sp³-hybridized carbons (Fsp3) is 0.318. The number of rotatable bonds is 5. The van der Waals surface area contributed by atoms with Gasteiger partial charge >= 0.3 is 0 Å². The quantitative estimate of drug-likeness (QED) is 0.717. The highest BCUT2D eigenvalue weighted by Gasteiger charge is 2.22. The van der Waals surface area contributed by atoms with E-state index in [-0.39, 0.29) is 17.6 Å². The number of para-hydroxylation sites is 1. The Morgan fingerprint density at radius 3 is 2.66 bits per heavy atom. The molecule has 2 heterocycles. The monoisotopic (exact) mass is 393 g/mol. The van der Waals surface area contributed by atoms with Crippen LogP contribution in [-0.2, 0) is 11.3 Å². The third-order valence-corrected chi connectivity index (χ3v) is 5.25. The Kier molecular flexibility index (Phi) is 5.67. The van der Waals surface area contributed by atoms with Gasteiger partial charge in [0.25, 0.3) is 0 Å². The molecule has 6 nitrogen and oxygen atoms in total. The van der Waals surface area contributed by atoms with Crippen LogP contribution in [0.25, 0.3) is 5.69 Å². The molecule has 0 saturated carbocycles. The summed E-state index contributed by atoms with van der Waals surface area (Å²) in [5, 5.41) is 11.2. The molecule has 150 valence electrons. The number of nitrogens with zero attached hydrogens (tertiary/aromatic N) is 4. The van der Waals surface area contributed by atoms with Gasteiger partial charge in [-0.2, -0.15) is 0 Å². The van der Waals surface area contributed by atoms with Crippen molar-refractivity contribution < 1.29 is 9.18 Å². The summed E-state index contributed by atoms with van der Waals surface area (Å²) in [6.07, 6.45) is 3.85. The summed E-state index contributed by atoms with van der Waals surface area (Å²) < 4.78 is 15.8. The van der Waals surface area contributed by atoms with E-state index in [1.807, 2.05) is 42.6 Å². The van der Waals surface area contributed by atoms with E-state index in [1.54, 1.807) is 10.7 Å². The van der Waals surface area contributed by atoms with Crippen LogP contribution in [0.4, 0.5) is 10.1 Å². The number of carbonyl (C=O) groups is 1. The van der Waals surface area contributed by atoms with E-state index in [9.17, 15) is 9.18 Å². The molecule has 0 radical (unpaired) electrons. The first-order chi connectivity index (χ1) is 14.1. The number of piperidine rings is 1. The fourth-order valence-electron chi connectivity index (χ4n) is 3.85. The van der Waals surface area contributed by atoms with E-state index >= 15 is 0 Å². The van der Waals surface area contributed by atoms with Crippen LogP contribution in [0.2, 0.25) is 0 Å². The number of likely N-dealkylation sites (tertiary alicyclic amines) is 1. The van der Waals surface area contributed by atoms with Crippen molar-refractivity contribution in [3.8, 4) is 5.69 Å². The Balaban J connectivity index is 1.36. The second-order valence-electron chi connectivity index (χ2n) is 7.49. The standard InChI is InChI=1S/C22H24FN5O/c1-16(29)24-20-12-18(11-19(23)13-20)17-7-9-27(10-8-17)14-21-15-28(26-25-21)22-5-3-2-4-6-22/h2-6,11-13,15,17H,7-10,14H2,1H3,(H,24,29). The van der Waals surface area contributed by atoms with E-state index in [0.29, 0.717) is 5.69 Å². The van der Waals surface area contributed by atoms with Crippen molar-refractivity contribution >= 4 is 11.6 Å². The van der Waals surface area contributed by atoms with E-state index in [2.05, 4.69) is 20.5 Å². The molecule has 0 unspecified atom stereocenters. The lowest BCUT2D eigenvalue weighted by molar-refractivity contribution is -0.114. The molecule has 3 aromatic rings. The summed E-state index contributed by atoms with van der Waals surface area (Å²) in [6, 6.07) is 14.7. The zero-order valence-corrected chi connectivity index (χ0v) is 16.4. The zero-order valence-electron chi connectivity index (χ0n) is 16.4. The lowest BCUT2D eigenvalue weighted by Gasteiger charge is -2.31. The van der Waals surface area contributed by atoms with Gasteiger partial charge in [0, 0.05) is 19.2 Å². The molecule has 0 bridgehead atoms. The van der Waals surface area contributed by atoms with Crippen molar-refractivity contribution in [2.24, 2.45) is 0 Å². The molecule has 1 aromatic heterocycles. The van der Waals surface area contributed by atoms with Gasteiger partial charge < -0.3 is 5.32 Å². The predicted octanol–water partition coefficient (Wildman–Crippen LogP) is 3.74. The highest BCUT2D eigenvalue weighted by Crippen LogP contribution is 2.31. The third-order valence-electron chi connectivity index (χ3n) is 5.25. The number of halogens is 1. The fourth-order valence-corrected chi connectivity index (χ4v) is 3.85. The van der Waals surface area contributed by atoms with Gasteiger partial charge in [-0.1, -0.05) is 23.4 Å². The van der Waals surface area contributed by atoms with Crippen LogP contribution in [0.1, 0.15) is 36.9 Å². The Morgan fingerprint density at radius 2 is 1.93 bits per heavy atom. The molecule has 0 aliphatic carbocycles. The summed E-state index contributed by atoms with van der Waals surface area (Å²) in [7, 11) is 0. The maximum Gasteiger partial charge on any atom is 0.221 e. The zero-order chi connectivity index (χ0) is 20.2. The Bertz CT molecular complexity index is 980. The van der Waals surface area contributed by atoms with Crippen molar-refractivity contribution in [3.05, 3.63) is 71.8 Å². The van der Waals surface area contributed by atoms with Gasteiger partial charge in [0.1, 0.15) is 5.82 Å². The van der Waals surface area contributed by atoms with Crippen LogP contribution < -0.4 is 5.32 Å². The van der Waals surface area contributed by atoms with E-state index in [4.69, 9.17) is 0 Å². The largest absolute Gasteiger partial charge is 0.326 e. The van der Waals surface area contributed by atoms with Crippen LogP contribution >= 0.6 is 0 Å². The molecule has 0 atom stereocenters. The normalized spacial score (nSPS) is 15.4. The molecule has 1 aliphatic heterocycles. The Morgan fingerprint density at radius 1 is 1.17 bits per heavy atom. The van der Waals surface area contributed by atoms with Crippen LogP contribution in [0.5, 0.6) is 0 Å². The number of carbonyl (C=O) groups excluding carboxylic acids is 1. The Labute approximate surface area is 169 Å². The highest BCUT2D eigenvalue weighted by molar-refractivity contribution is 5.88. The molecule has 1 fully saturated rings. The summed E-state index contributed by atoms with van der Waals surface area (Å²) in [6.45, 7) is 4.00. The van der Waals surface area contributed by atoms with Crippen LogP contribution in [0.3, 0.4) is 0 Å². The minimum absolute atomic E-state index is 0.195. The summed E-state index contributed by atoms with van der Waals surface area (Å²) in [5.41, 5.74) is 3.40. The summed E-state index contributed by atoms with van der Waals surface area (Å²) in [4.78, 5) is 13.6. The SMILES string of the molecule is CC(=O)Nc1cc(F)cc(C2CCN(Cc3cn(-c4ccccc4)nn3)CC2)c1. The number of benzene rings is 2. The number of amides is 1. The lowest BCUT2D eigenvalue weighted by atomic mass is 9.89. The van der Waals surface area contributed by atoms with Crippen LogP contribution in [-0.4, -0.2) is 38.9 Å². The van der Waals surface area contributed by atoms with Crippen molar-refractivity contribution in [3.63, 3.8) is 0 Å². The van der Waals surface area contributed by atoms with Gasteiger partial charge in [-0.25, -0.2) is 9.07 Å². The second-order valence-corrected chi connectivity index (χ2v) is 7.49. The van der Waals surface area contributed by atoms with Crippen molar-refractivity contribution in [1.82, 2.24) is 19.9 Å². The molecule has 29 heavy (non-hydrogen) atoms. The van der Waals surface area contributed by atoms with Gasteiger partial charge in [0.2, 0.25) is 5.91 Å². The third kappa shape index (κ3) is 4.86.